The largest absolute Gasteiger partial charge is 0.472 e. The fraction of sp³-hybridized carbons (Fsp3) is 0.381. The van der Waals surface area contributed by atoms with E-state index in [2.05, 4.69) is 20.3 Å². The van der Waals surface area contributed by atoms with Gasteiger partial charge in [-0.15, -0.1) is 10.2 Å². The summed E-state index contributed by atoms with van der Waals surface area (Å²) in [6.07, 6.45) is 2.75. The van der Waals surface area contributed by atoms with Gasteiger partial charge >= 0.3 is 0 Å². The van der Waals surface area contributed by atoms with Gasteiger partial charge in [0, 0.05) is 23.5 Å². The molecule has 2 aliphatic rings. The number of carbonyl (C=O) groups excluding carboxylic acids is 1. The van der Waals surface area contributed by atoms with Crippen LogP contribution in [0.1, 0.15) is 33.9 Å². The summed E-state index contributed by atoms with van der Waals surface area (Å²) in [5, 5.41) is 12.3. The maximum atomic E-state index is 12.7. The zero-order chi connectivity index (χ0) is 20.7. The van der Waals surface area contributed by atoms with Gasteiger partial charge in [0.05, 0.1) is 30.9 Å². The third-order valence-electron chi connectivity index (χ3n) is 5.58. The molecule has 0 radical (unpaired) electrons. The molecular formula is C21H21N5O4. The lowest BCUT2D eigenvalue weighted by atomic mass is 9.91. The van der Waals surface area contributed by atoms with Gasteiger partial charge in [-0.1, -0.05) is 5.16 Å². The Morgan fingerprint density at radius 3 is 2.67 bits per heavy atom. The van der Waals surface area contributed by atoms with Crippen LogP contribution in [0.5, 0.6) is 5.88 Å². The maximum Gasteiger partial charge on any atom is 0.275 e. The van der Waals surface area contributed by atoms with Gasteiger partial charge in [-0.25, -0.2) is 0 Å². The zero-order valence-electron chi connectivity index (χ0n) is 16.7. The van der Waals surface area contributed by atoms with Crippen molar-refractivity contribution in [3.8, 4) is 17.1 Å². The number of morpholine rings is 1. The Labute approximate surface area is 173 Å². The van der Waals surface area contributed by atoms with E-state index in [-0.39, 0.29) is 24.6 Å². The van der Waals surface area contributed by atoms with Crippen molar-refractivity contribution >= 4 is 5.91 Å². The van der Waals surface area contributed by atoms with Gasteiger partial charge in [-0.05, 0) is 38.5 Å². The van der Waals surface area contributed by atoms with E-state index in [0.29, 0.717) is 36.2 Å². The zero-order valence-corrected chi connectivity index (χ0v) is 16.7. The number of aromatic nitrogens is 4. The summed E-state index contributed by atoms with van der Waals surface area (Å²) in [7, 11) is 0. The molecule has 2 saturated heterocycles. The van der Waals surface area contributed by atoms with Gasteiger partial charge in [0.15, 0.2) is 5.69 Å². The molecular weight excluding hydrogens is 386 g/mol. The quantitative estimate of drug-likeness (QED) is 0.635. The first kappa shape index (κ1) is 18.7. The molecule has 5 heterocycles. The van der Waals surface area contributed by atoms with Gasteiger partial charge < -0.3 is 18.9 Å². The Morgan fingerprint density at radius 1 is 1.17 bits per heavy atom. The number of hydrogen-bond donors (Lipinski definition) is 0. The number of ether oxygens (including phenoxy) is 2. The minimum Gasteiger partial charge on any atom is -0.472 e. The van der Waals surface area contributed by atoms with Crippen molar-refractivity contribution in [2.24, 2.45) is 0 Å². The maximum absolute atomic E-state index is 12.7. The molecule has 30 heavy (non-hydrogen) atoms. The Kier molecular flexibility index (Phi) is 4.66. The highest BCUT2D eigenvalue weighted by atomic mass is 16.5. The lowest BCUT2D eigenvalue weighted by molar-refractivity contribution is -0.104. The number of fused-ring (bicyclic) bond motifs is 2. The van der Waals surface area contributed by atoms with E-state index in [9.17, 15) is 4.79 Å². The number of pyridine rings is 1. The lowest BCUT2D eigenvalue weighted by Crippen LogP contribution is -2.65. The second kappa shape index (κ2) is 7.49. The predicted octanol–water partition coefficient (Wildman–Crippen LogP) is 2.34. The van der Waals surface area contributed by atoms with Crippen molar-refractivity contribution < 1.29 is 18.8 Å². The van der Waals surface area contributed by atoms with E-state index < -0.39 is 0 Å². The Hall–Kier alpha value is -3.33. The third-order valence-corrected chi connectivity index (χ3v) is 5.58. The van der Waals surface area contributed by atoms with Gasteiger partial charge in [0.1, 0.15) is 18.1 Å². The van der Waals surface area contributed by atoms with Crippen molar-refractivity contribution in [3.63, 3.8) is 0 Å². The third kappa shape index (κ3) is 3.30. The first-order chi connectivity index (χ1) is 14.6. The molecule has 154 valence electrons. The second-order valence-electron chi connectivity index (χ2n) is 7.59. The highest BCUT2D eigenvalue weighted by Gasteiger charge is 2.45. The minimum absolute atomic E-state index is 0.109. The summed E-state index contributed by atoms with van der Waals surface area (Å²) >= 11 is 0. The van der Waals surface area contributed by atoms with Crippen LogP contribution >= 0.6 is 0 Å². The summed E-state index contributed by atoms with van der Waals surface area (Å²) in [4.78, 5) is 18.8. The van der Waals surface area contributed by atoms with E-state index in [1.54, 1.807) is 18.3 Å². The van der Waals surface area contributed by atoms with E-state index in [0.717, 1.165) is 23.2 Å². The Morgan fingerprint density at radius 2 is 2.00 bits per heavy atom. The molecule has 0 aromatic carbocycles. The van der Waals surface area contributed by atoms with Gasteiger partial charge in [-0.3, -0.25) is 9.78 Å². The van der Waals surface area contributed by atoms with Crippen LogP contribution in [0, 0.1) is 13.8 Å². The van der Waals surface area contributed by atoms with Crippen molar-refractivity contribution in [3.05, 3.63) is 53.2 Å². The van der Waals surface area contributed by atoms with Gasteiger partial charge in [0.2, 0.25) is 5.88 Å². The van der Waals surface area contributed by atoms with Crippen LogP contribution in [0.15, 0.2) is 35.0 Å². The summed E-state index contributed by atoms with van der Waals surface area (Å²) in [5.41, 5.74) is 3.59. The van der Waals surface area contributed by atoms with Crippen LogP contribution in [0.4, 0.5) is 0 Å². The van der Waals surface area contributed by atoms with Crippen LogP contribution in [-0.2, 0) is 11.3 Å². The number of carbonyl (C=O) groups is 1. The first-order valence-electron chi connectivity index (χ1n) is 9.85. The van der Waals surface area contributed by atoms with E-state index in [1.165, 1.54) is 0 Å². The number of amides is 1. The van der Waals surface area contributed by atoms with E-state index >= 15 is 0 Å². The summed E-state index contributed by atoms with van der Waals surface area (Å²) < 4.78 is 16.6. The second-order valence-corrected chi connectivity index (χ2v) is 7.59. The Bertz CT molecular complexity index is 1050. The van der Waals surface area contributed by atoms with Crippen LogP contribution in [0.3, 0.4) is 0 Å². The van der Waals surface area contributed by atoms with Crippen molar-refractivity contribution in [1.82, 2.24) is 25.2 Å². The molecule has 2 unspecified atom stereocenters. The van der Waals surface area contributed by atoms with Gasteiger partial charge in [-0.2, -0.15) is 0 Å². The summed E-state index contributed by atoms with van der Waals surface area (Å²) in [6.45, 7) is 5.16. The normalized spacial score (nSPS) is 20.0. The fourth-order valence-electron chi connectivity index (χ4n) is 3.86. The molecule has 1 amide bonds. The van der Waals surface area contributed by atoms with Crippen molar-refractivity contribution in [2.45, 2.75) is 39.0 Å². The summed E-state index contributed by atoms with van der Waals surface area (Å²) in [6, 6.07) is 7.47. The topological polar surface area (TPSA) is 103 Å². The molecule has 9 heteroatoms. The lowest BCUT2D eigenvalue weighted by Gasteiger charge is -2.52. The standard InChI is InChI=1S/C21H21N5O4/c1-12-3-4-14(8-22-12)20-17(13(2)30-25-20)11-29-19-6-5-18(23-24-19)21(27)26-15-7-16(26)10-28-9-15/h3-6,8,15-16H,7,9-11H2,1-2H3. The number of hydrogen-bond acceptors (Lipinski definition) is 8. The molecule has 2 atom stereocenters. The molecule has 2 fully saturated rings. The molecule has 3 aromatic heterocycles. The van der Waals surface area contributed by atoms with Crippen LogP contribution in [-0.4, -0.2) is 56.4 Å². The average molecular weight is 407 g/mol. The summed E-state index contributed by atoms with van der Waals surface area (Å²) in [5.74, 6) is 0.881. The molecule has 2 aliphatic heterocycles. The predicted molar refractivity (Wildman–Crippen MR) is 105 cm³/mol. The van der Waals surface area contributed by atoms with Crippen LogP contribution in [0.2, 0.25) is 0 Å². The number of aryl methyl sites for hydroxylation is 2. The smallest absolute Gasteiger partial charge is 0.275 e. The van der Waals surface area contributed by atoms with Crippen molar-refractivity contribution in [2.75, 3.05) is 13.2 Å². The molecule has 0 saturated carbocycles. The monoisotopic (exact) mass is 407 g/mol. The number of nitrogens with zero attached hydrogens (tertiary/aromatic N) is 5. The molecule has 5 rings (SSSR count). The molecule has 9 nitrogen and oxygen atoms in total. The molecule has 0 spiro atoms. The minimum atomic E-state index is -0.109. The molecule has 2 bridgehead atoms. The van der Waals surface area contributed by atoms with Crippen LogP contribution in [0.25, 0.3) is 11.3 Å². The highest BCUT2D eigenvalue weighted by Crippen LogP contribution is 2.32. The highest BCUT2D eigenvalue weighted by molar-refractivity contribution is 5.93. The first-order valence-corrected chi connectivity index (χ1v) is 9.85. The van der Waals surface area contributed by atoms with E-state index in [4.69, 9.17) is 14.0 Å². The van der Waals surface area contributed by atoms with Gasteiger partial charge in [0.25, 0.3) is 5.91 Å². The average Bonchev–Trinajstić information content (AvgIpc) is 3.14. The Balaban J connectivity index is 1.27. The number of rotatable bonds is 5. The van der Waals surface area contributed by atoms with E-state index in [1.807, 2.05) is 30.9 Å². The molecule has 0 N–H and O–H groups in total. The molecule has 0 aliphatic carbocycles. The van der Waals surface area contributed by atoms with Crippen molar-refractivity contribution in [1.29, 1.82) is 0 Å². The van der Waals surface area contributed by atoms with Crippen LogP contribution < -0.4 is 4.74 Å². The SMILES string of the molecule is Cc1ccc(-c2noc(C)c2COc2ccc(C(=O)N3C4COCC3C4)nn2)cn1. The fourth-order valence-corrected chi connectivity index (χ4v) is 3.86. The molecule has 3 aromatic rings.